The molecule has 2 nitrogen and oxygen atoms in total. The topological polar surface area (TPSA) is 37.3 Å². The molecule has 0 aliphatic rings. The number of carbonyl (C=O) groups is 1. The van der Waals surface area contributed by atoms with Gasteiger partial charge in [-0.05, 0) is 12.0 Å². The van der Waals surface area contributed by atoms with Gasteiger partial charge in [0, 0.05) is 19.3 Å². The summed E-state index contributed by atoms with van der Waals surface area (Å²) in [6, 6.07) is 9.82. The van der Waals surface area contributed by atoms with Crippen LogP contribution in [0.3, 0.4) is 0 Å². The lowest BCUT2D eigenvalue weighted by atomic mass is 9.87. The highest BCUT2D eigenvalue weighted by molar-refractivity contribution is 5.79. The molecule has 1 unspecified atom stereocenters. The Morgan fingerprint density at radius 1 is 1.25 bits per heavy atom. The van der Waals surface area contributed by atoms with Gasteiger partial charge in [-0.15, -0.1) is 0 Å². The summed E-state index contributed by atoms with van der Waals surface area (Å²) < 4.78 is 0. The van der Waals surface area contributed by atoms with Crippen LogP contribution in [0.4, 0.5) is 0 Å². The van der Waals surface area contributed by atoms with Crippen molar-refractivity contribution in [1.82, 2.24) is 0 Å². The lowest BCUT2D eigenvalue weighted by Crippen LogP contribution is -2.33. The SMILES string of the molecule is CCC(=O)CC(O)(CC)Cc1ccccc1. The molecule has 1 N–H and O–H groups in total. The molecule has 0 aliphatic carbocycles. The fraction of sp³-hybridized carbons (Fsp3) is 0.500. The lowest BCUT2D eigenvalue weighted by molar-refractivity contribution is -0.123. The van der Waals surface area contributed by atoms with Gasteiger partial charge in [0.05, 0.1) is 5.60 Å². The van der Waals surface area contributed by atoms with Gasteiger partial charge in [-0.3, -0.25) is 4.79 Å². The number of benzene rings is 1. The molecule has 0 heterocycles. The predicted molar refractivity (Wildman–Crippen MR) is 65.3 cm³/mol. The van der Waals surface area contributed by atoms with E-state index in [4.69, 9.17) is 0 Å². The summed E-state index contributed by atoms with van der Waals surface area (Å²) in [6.07, 6.45) is 1.91. The third-order valence-electron chi connectivity index (χ3n) is 2.95. The fourth-order valence-corrected chi connectivity index (χ4v) is 1.78. The van der Waals surface area contributed by atoms with E-state index in [0.29, 0.717) is 19.3 Å². The fourth-order valence-electron chi connectivity index (χ4n) is 1.78. The largest absolute Gasteiger partial charge is 0.389 e. The maximum Gasteiger partial charge on any atom is 0.135 e. The Balaban J connectivity index is 2.70. The van der Waals surface area contributed by atoms with Gasteiger partial charge in [0.1, 0.15) is 5.78 Å². The first-order chi connectivity index (χ1) is 7.59. The van der Waals surface area contributed by atoms with E-state index in [9.17, 15) is 9.90 Å². The molecule has 0 saturated carbocycles. The summed E-state index contributed by atoms with van der Waals surface area (Å²) in [7, 11) is 0. The first kappa shape index (κ1) is 12.9. The van der Waals surface area contributed by atoms with E-state index >= 15 is 0 Å². The second-order valence-electron chi connectivity index (χ2n) is 4.31. The van der Waals surface area contributed by atoms with Crippen LogP contribution in [0.1, 0.15) is 38.7 Å². The minimum Gasteiger partial charge on any atom is -0.389 e. The molecular weight excluding hydrogens is 200 g/mol. The first-order valence-electron chi connectivity index (χ1n) is 5.87. The van der Waals surface area contributed by atoms with E-state index in [1.807, 2.05) is 44.2 Å². The summed E-state index contributed by atoms with van der Waals surface area (Å²) in [6.45, 7) is 3.76. The Bertz CT molecular complexity index is 332. The van der Waals surface area contributed by atoms with Gasteiger partial charge in [0.25, 0.3) is 0 Å². The van der Waals surface area contributed by atoms with Gasteiger partial charge in [0.2, 0.25) is 0 Å². The maximum absolute atomic E-state index is 11.4. The Labute approximate surface area is 97.3 Å². The van der Waals surface area contributed by atoms with E-state index in [1.54, 1.807) is 0 Å². The monoisotopic (exact) mass is 220 g/mol. The Hall–Kier alpha value is -1.15. The van der Waals surface area contributed by atoms with Crippen molar-refractivity contribution in [3.05, 3.63) is 35.9 Å². The van der Waals surface area contributed by atoms with E-state index in [2.05, 4.69) is 0 Å². The Kier molecular flexibility index (Phi) is 4.69. The van der Waals surface area contributed by atoms with Crippen molar-refractivity contribution in [1.29, 1.82) is 0 Å². The number of ketones is 1. The summed E-state index contributed by atoms with van der Waals surface area (Å²) in [5.41, 5.74) is 0.199. The van der Waals surface area contributed by atoms with Crippen molar-refractivity contribution < 1.29 is 9.90 Å². The van der Waals surface area contributed by atoms with Crippen LogP contribution >= 0.6 is 0 Å². The van der Waals surface area contributed by atoms with E-state index < -0.39 is 5.60 Å². The molecule has 0 bridgehead atoms. The average molecular weight is 220 g/mol. The van der Waals surface area contributed by atoms with Crippen LogP contribution in [-0.2, 0) is 11.2 Å². The molecule has 88 valence electrons. The third-order valence-corrected chi connectivity index (χ3v) is 2.95. The molecule has 0 amide bonds. The van der Waals surface area contributed by atoms with Crippen LogP contribution in [0.5, 0.6) is 0 Å². The van der Waals surface area contributed by atoms with Crippen molar-refractivity contribution >= 4 is 5.78 Å². The van der Waals surface area contributed by atoms with Crippen molar-refractivity contribution in [2.24, 2.45) is 0 Å². The van der Waals surface area contributed by atoms with Crippen molar-refractivity contribution in [3.63, 3.8) is 0 Å². The van der Waals surface area contributed by atoms with E-state index in [-0.39, 0.29) is 12.2 Å². The van der Waals surface area contributed by atoms with Crippen LogP contribution < -0.4 is 0 Å². The molecule has 0 aromatic heterocycles. The molecule has 16 heavy (non-hydrogen) atoms. The van der Waals surface area contributed by atoms with Gasteiger partial charge in [-0.25, -0.2) is 0 Å². The first-order valence-corrected chi connectivity index (χ1v) is 5.87. The Morgan fingerprint density at radius 2 is 1.88 bits per heavy atom. The summed E-state index contributed by atoms with van der Waals surface area (Å²) in [5, 5.41) is 10.4. The van der Waals surface area contributed by atoms with Crippen LogP contribution in [0.15, 0.2) is 30.3 Å². The van der Waals surface area contributed by atoms with Gasteiger partial charge in [-0.2, -0.15) is 0 Å². The average Bonchev–Trinajstić information content (AvgIpc) is 2.30. The highest BCUT2D eigenvalue weighted by Gasteiger charge is 2.27. The number of rotatable bonds is 6. The van der Waals surface area contributed by atoms with Crippen molar-refractivity contribution in [2.75, 3.05) is 0 Å². The number of carbonyl (C=O) groups excluding carboxylic acids is 1. The highest BCUT2D eigenvalue weighted by atomic mass is 16.3. The third kappa shape index (κ3) is 3.78. The summed E-state index contributed by atoms with van der Waals surface area (Å²) in [4.78, 5) is 11.4. The number of Topliss-reactive ketones (excluding diaryl/α,β-unsaturated/α-hetero) is 1. The molecule has 2 heteroatoms. The maximum atomic E-state index is 11.4. The van der Waals surface area contributed by atoms with Crippen molar-refractivity contribution in [3.8, 4) is 0 Å². The van der Waals surface area contributed by atoms with Gasteiger partial charge in [-0.1, -0.05) is 44.2 Å². The minimum atomic E-state index is -0.881. The van der Waals surface area contributed by atoms with Crippen LogP contribution in [0.2, 0.25) is 0 Å². The lowest BCUT2D eigenvalue weighted by Gasteiger charge is -2.26. The second-order valence-corrected chi connectivity index (χ2v) is 4.31. The van der Waals surface area contributed by atoms with Gasteiger partial charge < -0.3 is 5.11 Å². The molecule has 0 radical (unpaired) electrons. The number of hydrogen-bond acceptors (Lipinski definition) is 2. The molecular formula is C14H20O2. The van der Waals surface area contributed by atoms with Crippen LogP contribution in [-0.4, -0.2) is 16.5 Å². The van der Waals surface area contributed by atoms with E-state index in [0.717, 1.165) is 5.56 Å². The van der Waals surface area contributed by atoms with E-state index in [1.165, 1.54) is 0 Å². The standard InChI is InChI=1S/C14H20O2/c1-3-13(15)11-14(16,4-2)10-12-8-6-5-7-9-12/h5-9,16H,3-4,10-11H2,1-2H3. The molecule has 1 aromatic carbocycles. The molecule has 0 aliphatic heterocycles. The molecule has 0 spiro atoms. The summed E-state index contributed by atoms with van der Waals surface area (Å²) >= 11 is 0. The van der Waals surface area contributed by atoms with Crippen LogP contribution in [0, 0.1) is 0 Å². The molecule has 1 atom stereocenters. The zero-order valence-electron chi connectivity index (χ0n) is 10.1. The highest BCUT2D eigenvalue weighted by Crippen LogP contribution is 2.22. The zero-order valence-corrected chi connectivity index (χ0v) is 10.1. The molecule has 1 rings (SSSR count). The molecule has 0 saturated heterocycles. The van der Waals surface area contributed by atoms with Crippen molar-refractivity contribution in [2.45, 2.75) is 45.1 Å². The van der Waals surface area contributed by atoms with Gasteiger partial charge >= 0.3 is 0 Å². The summed E-state index contributed by atoms with van der Waals surface area (Å²) in [5.74, 6) is 0.125. The smallest absolute Gasteiger partial charge is 0.135 e. The normalized spacial score (nSPS) is 14.4. The van der Waals surface area contributed by atoms with Crippen LogP contribution in [0.25, 0.3) is 0 Å². The zero-order chi connectivity index (χ0) is 12.0. The molecule has 0 fully saturated rings. The van der Waals surface area contributed by atoms with Gasteiger partial charge in [0.15, 0.2) is 0 Å². The predicted octanol–water partition coefficient (Wildman–Crippen LogP) is 2.74. The quantitative estimate of drug-likeness (QED) is 0.800. The Morgan fingerprint density at radius 3 is 2.38 bits per heavy atom. The number of hydrogen-bond donors (Lipinski definition) is 1. The molecule has 1 aromatic rings. The minimum absolute atomic E-state index is 0.125. The second kappa shape index (κ2) is 5.80. The number of aliphatic hydroxyl groups is 1.